The van der Waals surface area contributed by atoms with Crippen LogP contribution in [-0.4, -0.2) is 49.5 Å². The van der Waals surface area contributed by atoms with E-state index in [0.717, 1.165) is 5.56 Å². The lowest BCUT2D eigenvalue weighted by Gasteiger charge is -2.54. The smallest absolute Gasteiger partial charge is 0.338 e. The predicted octanol–water partition coefficient (Wildman–Crippen LogP) is 2.40. The molecule has 7 heteroatoms. The molecule has 1 fully saturated rings. The molecule has 1 N–H and O–H groups in total. The number of aryl methyl sites for hydroxylation is 1. The maximum atomic E-state index is 13.2. The van der Waals surface area contributed by atoms with Crippen LogP contribution < -0.4 is 9.64 Å². The lowest BCUT2D eigenvalue weighted by atomic mass is 9.73. The van der Waals surface area contributed by atoms with Crippen molar-refractivity contribution in [1.29, 1.82) is 0 Å². The lowest BCUT2D eigenvalue weighted by molar-refractivity contribution is -0.193. The number of benzene rings is 2. The first-order valence-corrected chi connectivity index (χ1v) is 9.34. The first-order valence-electron chi connectivity index (χ1n) is 9.34. The van der Waals surface area contributed by atoms with Crippen LogP contribution in [0.25, 0.3) is 0 Å². The topological polar surface area (TPSA) is 85.3 Å². The molecule has 0 unspecified atom stereocenters. The molecule has 1 aliphatic heterocycles. The van der Waals surface area contributed by atoms with Gasteiger partial charge in [0, 0.05) is 12.8 Å². The van der Waals surface area contributed by atoms with Crippen molar-refractivity contribution in [3.05, 3.63) is 59.7 Å². The maximum absolute atomic E-state index is 13.2. The Bertz CT molecular complexity index is 879. The normalized spacial score (nSPS) is 22.0. The van der Waals surface area contributed by atoms with Gasteiger partial charge in [0.05, 0.1) is 13.7 Å². The van der Waals surface area contributed by atoms with Crippen molar-refractivity contribution in [2.75, 3.05) is 25.7 Å². The number of hydrogen-bond acceptors (Lipinski definition) is 6. The zero-order chi connectivity index (χ0) is 21.2. The highest BCUT2D eigenvalue weighted by atomic mass is 16.6. The number of carbonyl (C=O) groups excluding carboxylic acids is 2. The van der Waals surface area contributed by atoms with E-state index in [1.54, 1.807) is 38.3 Å². The van der Waals surface area contributed by atoms with E-state index in [1.807, 2.05) is 31.2 Å². The van der Waals surface area contributed by atoms with Gasteiger partial charge in [-0.2, -0.15) is 0 Å². The van der Waals surface area contributed by atoms with Crippen molar-refractivity contribution in [3.63, 3.8) is 0 Å². The number of nitrogens with zero attached hydrogens (tertiary/aromatic N) is 1. The van der Waals surface area contributed by atoms with Crippen LogP contribution >= 0.6 is 0 Å². The van der Waals surface area contributed by atoms with Crippen molar-refractivity contribution >= 4 is 17.6 Å². The molecule has 1 aliphatic rings. The molecule has 1 saturated heterocycles. The molecular weight excluding hydrogens is 374 g/mol. The quantitative estimate of drug-likeness (QED) is 0.569. The standard InChI is InChI=1S/C22H25NO6/c1-5-29-20(24)19(28-4)22(26)18(15-8-6-14(2)7-9-15)23(21(22)25)16-10-12-17(27-3)13-11-16/h6-13,18-19,26H,5H2,1-4H3/t18-,19-,22-/m0/s1. The SMILES string of the molecule is CCOC(=O)[C@H](OC)[C@]1(O)C(=O)N(c2ccc(OC)cc2)[C@H]1c1ccc(C)cc1. The van der Waals surface area contributed by atoms with E-state index in [4.69, 9.17) is 14.2 Å². The molecule has 3 rings (SSSR count). The average Bonchev–Trinajstić information content (AvgIpc) is 2.73. The fourth-order valence-electron chi connectivity index (χ4n) is 3.65. The highest BCUT2D eigenvalue weighted by molar-refractivity contribution is 6.11. The molecule has 29 heavy (non-hydrogen) atoms. The first kappa shape index (κ1) is 20.8. The van der Waals surface area contributed by atoms with Crippen molar-refractivity contribution in [2.45, 2.75) is 31.6 Å². The van der Waals surface area contributed by atoms with Gasteiger partial charge < -0.3 is 19.3 Å². The Hall–Kier alpha value is -2.90. The van der Waals surface area contributed by atoms with Gasteiger partial charge in [0.15, 0.2) is 6.10 Å². The highest BCUT2D eigenvalue weighted by Gasteiger charge is 2.67. The number of aliphatic hydroxyl groups is 1. The number of hydrogen-bond donors (Lipinski definition) is 1. The summed E-state index contributed by atoms with van der Waals surface area (Å²) in [4.78, 5) is 27.0. The molecule has 2 aromatic rings. The Kier molecular flexibility index (Phi) is 5.91. The van der Waals surface area contributed by atoms with Crippen LogP contribution in [0.1, 0.15) is 24.1 Å². The summed E-state index contributed by atoms with van der Waals surface area (Å²) in [5.41, 5.74) is 0.202. The number of amides is 1. The number of β-lactam (4-membered cyclic amide) rings is 1. The molecule has 3 atom stereocenters. The zero-order valence-corrected chi connectivity index (χ0v) is 16.9. The van der Waals surface area contributed by atoms with Gasteiger partial charge in [-0.05, 0) is 43.7 Å². The largest absolute Gasteiger partial charge is 0.497 e. The average molecular weight is 399 g/mol. The third-order valence-corrected chi connectivity index (χ3v) is 5.12. The third-order valence-electron chi connectivity index (χ3n) is 5.12. The van der Waals surface area contributed by atoms with Crippen molar-refractivity contribution in [1.82, 2.24) is 0 Å². The van der Waals surface area contributed by atoms with E-state index in [2.05, 4.69) is 0 Å². The lowest BCUT2D eigenvalue weighted by Crippen LogP contribution is -2.75. The molecule has 0 aliphatic carbocycles. The molecule has 0 bridgehead atoms. The van der Waals surface area contributed by atoms with Gasteiger partial charge in [0.25, 0.3) is 5.91 Å². The minimum Gasteiger partial charge on any atom is -0.497 e. The monoisotopic (exact) mass is 399 g/mol. The van der Waals surface area contributed by atoms with Gasteiger partial charge in [-0.25, -0.2) is 4.79 Å². The number of anilines is 1. The molecule has 0 spiro atoms. The second-order valence-corrected chi connectivity index (χ2v) is 6.88. The summed E-state index contributed by atoms with van der Waals surface area (Å²) in [6.45, 7) is 3.71. The molecule has 7 nitrogen and oxygen atoms in total. The fraction of sp³-hybridized carbons (Fsp3) is 0.364. The Morgan fingerprint density at radius 3 is 2.28 bits per heavy atom. The summed E-state index contributed by atoms with van der Waals surface area (Å²) in [5, 5.41) is 11.4. The van der Waals surface area contributed by atoms with Gasteiger partial charge in [-0.1, -0.05) is 29.8 Å². The maximum Gasteiger partial charge on any atom is 0.338 e. The number of ether oxygens (including phenoxy) is 3. The molecule has 154 valence electrons. The molecule has 1 amide bonds. The first-order chi connectivity index (χ1) is 13.9. The Balaban J connectivity index is 2.06. The van der Waals surface area contributed by atoms with Crippen molar-refractivity contribution in [3.8, 4) is 5.75 Å². The summed E-state index contributed by atoms with van der Waals surface area (Å²) in [5.74, 6) is -0.768. The summed E-state index contributed by atoms with van der Waals surface area (Å²) in [6, 6.07) is 13.5. The minimum atomic E-state index is -2.09. The molecule has 0 aromatic heterocycles. The van der Waals surface area contributed by atoms with Gasteiger partial charge in [-0.15, -0.1) is 0 Å². The second kappa shape index (κ2) is 8.23. The Labute approximate surface area is 169 Å². The van der Waals surface area contributed by atoms with Crippen LogP contribution in [0, 0.1) is 6.92 Å². The third kappa shape index (κ3) is 3.47. The summed E-state index contributed by atoms with van der Waals surface area (Å²) in [7, 11) is 2.83. The van der Waals surface area contributed by atoms with Gasteiger partial charge >= 0.3 is 5.97 Å². The Morgan fingerprint density at radius 2 is 1.76 bits per heavy atom. The summed E-state index contributed by atoms with van der Waals surface area (Å²) in [6.07, 6.45) is -1.45. The molecule has 0 saturated carbocycles. The van der Waals surface area contributed by atoms with E-state index in [1.165, 1.54) is 12.0 Å². The van der Waals surface area contributed by atoms with E-state index >= 15 is 0 Å². The van der Waals surface area contributed by atoms with Gasteiger partial charge in [-0.3, -0.25) is 9.69 Å². The van der Waals surface area contributed by atoms with E-state index in [-0.39, 0.29) is 6.61 Å². The summed E-state index contributed by atoms with van der Waals surface area (Å²) >= 11 is 0. The number of methoxy groups -OCH3 is 2. The van der Waals surface area contributed by atoms with Gasteiger partial charge in [0.1, 0.15) is 11.8 Å². The number of esters is 1. The van der Waals surface area contributed by atoms with Crippen molar-refractivity contribution < 1.29 is 28.9 Å². The number of carbonyl (C=O) groups is 2. The second-order valence-electron chi connectivity index (χ2n) is 6.88. The van der Waals surface area contributed by atoms with Crippen LogP contribution in [0.4, 0.5) is 5.69 Å². The van der Waals surface area contributed by atoms with Crippen LogP contribution in [0.15, 0.2) is 48.5 Å². The van der Waals surface area contributed by atoms with Crippen LogP contribution in [0.2, 0.25) is 0 Å². The molecule has 0 radical (unpaired) electrons. The summed E-state index contributed by atoms with van der Waals surface area (Å²) < 4.78 is 15.4. The van der Waals surface area contributed by atoms with E-state index < -0.39 is 29.6 Å². The Morgan fingerprint density at radius 1 is 1.14 bits per heavy atom. The van der Waals surface area contributed by atoms with Crippen LogP contribution in [-0.2, 0) is 19.1 Å². The number of rotatable bonds is 7. The van der Waals surface area contributed by atoms with E-state index in [9.17, 15) is 14.7 Å². The van der Waals surface area contributed by atoms with Crippen LogP contribution in [0.5, 0.6) is 5.75 Å². The molecular formula is C22H25NO6. The highest BCUT2D eigenvalue weighted by Crippen LogP contribution is 2.49. The fourth-order valence-corrected chi connectivity index (χ4v) is 3.65. The minimum absolute atomic E-state index is 0.111. The predicted molar refractivity (Wildman–Crippen MR) is 107 cm³/mol. The van der Waals surface area contributed by atoms with Crippen LogP contribution in [0.3, 0.4) is 0 Å². The molecule has 1 heterocycles. The zero-order valence-electron chi connectivity index (χ0n) is 16.9. The molecule has 2 aromatic carbocycles. The van der Waals surface area contributed by atoms with Crippen molar-refractivity contribution in [2.24, 2.45) is 0 Å². The van der Waals surface area contributed by atoms with Gasteiger partial charge in [0.2, 0.25) is 5.60 Å². The van der Waals surface area contributed by atoms with E-state index in [0.29, 0.717) is 17.0 Å².